The molecule has 0 radical (unpaired) electrons. The van der Waals surface area contributed by atoms with Gasteiger partial charge >= 0.3 is 0 Å². The number of amides is 1. The van der Waals surface area contributed by atoms with Crippen molar-refractivity contribution in [3.05, 3.63) is 65.7 Å². The maximum atomic E-state index is 14.0. The van der Waals surface area contributed by atoms with E-state index in [1.54, 1.807) is 19.2 Å². The number of carbonyl (C=O) groups is 1. The fourth-order valence-corrected chi connectivity index (χ4v) is 3.36. The number of thioether (sulfide) groups is 1. The van der Waals surface area contributed by atoms with Gasteiger partial charge < -0.3 is 15.4 Å². The van der Waals surface area contributed by atoms with Gasteiger partial charge in [-0.15, -0.1) is 24.2 Å². The highest BCUT2D eigenvalue weighted by atomic mass is 35.5. The summed E-state index contributed by atoms with van der Waals surface area (Å²) in [6.07, 6.45) is 0. The average Bonchev–Trinajstić information content (AvgIpc) is 2.65. The highest BCUT2D eigenvalue weighted by molar-refractivity contribution is 8.00. The number of methoxy groups -OCH3 is 1. The van der Waals surface area contributed by atoms with E-state index in [1.807, 2.05) is 18.2 Å². The van der Waals surface area contributed by atoms with Crippen LogP contribution in [0, 0.1) is 11.6 Å². The van der Waals surface area contributed by atoms with Gasteiger partial charge in [-0.2, -0.15) is 0 Å². The Morgan fingerprint density at radius 1 is 1.11 bits per heavy atom. The first-order chi connectivity index (χ1) is 12.6. The maximum absolute atomic E-state index is 14.0. The second-order valence-corrected chi connectivity index (χ2v) is 6.66. The molecule has 27 heavy (non-hydrogen) atoms. The fourth-order valence-electron chi connectivity index (χ4n) is 2.26. The third kappa shape index (κ3) is 7.84. The fraction of sp³-hybridized carbons (Fsp3) is 0.316. The summed E-state index contributed by atoms with van der Waals surface area (Å²) < 4.78 is 32.4. The van der Waals surface area contributed by atoms with Gasteiger partial charge in [-0.05, 0) is 23.8 Å². The summed E-state index contributed by atoms with van der Waals surface area (Å²) in [7, 11) is 1.62. The van der Waals surface area contributed by atoms with E-state index in [-0.39, 0.29) is 23.2 Å². The van der Waals surface area contributed by atoms with Crippen molar-refractivity contribution < 1.29 is 18.3 Å². The Morgan fingerprint density at radius 3 is 2.56 bits per heavy atom. The zero-order chi connectivity index (χ0) is 18.8. The first kappa shape index (κ1) is 23.4. The number of hydrogen-bond donors (Lipinski definition) is 2. The van der Waals surface area contributed by atoms with Crippen molar-refractivity contribution in [1.82, 2.24) is 10.6 Å². The average molecular weight is 417 g/mol. The lowest BCUT2D eigenvalue weighted by atomic mass is 10.1. The van der Waals surface area contributed by atoms with Gasteiger partial charge in [0.1, 0.15) is 16.9 Å². The zero-order valence-electron chi connectivity index (χ0n) is 14.9. The Bertz CT molecular complexity index is 707. The molecule has 0 fully saturated rings. The third-order valence-electron chi connectivity index (χ3n) is 3.56. The SMILES string of the molecule is COCCNCCNC(=O)C(Sc1cc(F)ccc1F)c1ccccc1.Cl. The van der Waals surface area contributed by atoms with Gasteiger partial charge in [0.2, 0.25) is 5.91 Å². The topological polar surface area (TPSA) is 50.4 Å². The summed E-state index contributed by atoms with van der Waals surface area (Å²) in [5.41, 5.74) is 0.728. The van der Waals surface area contributed by atoms with Crippen LogP contribution < -0.4 is 10.6 Å². The first-order valence-corrected chi connectivity index (χ1v) is 9.14. The van der Waals surface area contributed by atoms with Gasteiger partial charge in [0.05, 0.1) is 6.61 Å². The molecule has 8 heteroatoms. The Morgan fingerprint density at radius 2 is 1.85 bits per heavy atom. The molecule has 1 atom stereocenters. The van der Waals surface area contributed by atoms with Gasteiger partial charge in [-0.3, -0.25) is 4.79 Å². The summed E-state index contributed by atoms with van der Waals surface area (Å²) in [4.78, 5) is 12.7. The van der Waals surface area contributed by atoms with E-state index in [0.29, 0.717) is 26.2 Å². The van der Waals surface area contributed by atoms with Crippen molar-refractivity contribution >= 4 is 30.1 Å². The lowest BCUT2D eigenvalue weighted by molar-refractivity contribution is -0.120. The Balaban J connectivity index is 0.00000364. The van der Waals surface area contributed by atoms with Crippen LogP contribution in [0.4, 0.5) is 8.78 Å². The molecule has 0 aliphatic rings. The van der Waals surface area contributed by atoms with E-state index in [0.717, 1.165) is 35.5 Å². The highest BCUT2D eigenvalue weighted by Gasteiger charge is 2.23. The zero-order valence-corrected chi connectivity index (χ0v) is 16.5. The summed E-state index contributed by atoms with van der Waals surface area (Å²) >= 11 is 0.995. The molecule has 2 N–H and O–H groups in total. The summed E-state index contributed by atoms with van der Waals surface area (Å²) in [5, 5.41) is 5.29. The number of nitrogens with one attached hydrogen (secondary N) is 2. The Kier molecular flexibility index (Phi) is 11.0. The van der Waals surface area contributed by atoms with E-state index in [4.69, 9.17) is 4.74 Å². The summed E-state index contributed by atoms with van der Waals surface area (Å²) in [6.45, 7) is 2.31. The molecular weight excluding hydrogens is 394 g/mol. The molecular formula is C19H23ClF2N2O2S. The van der Waals surface area contributed by atoms with Gasteiger partial charge in [0, 0.05) is 31.6 Å². The molecule has 2 aromatic carbocycles. The Hall–Kier alpha value is -1.67. The minimum absolute atomic E-state index is 0. The monoisotopic (exact) mass is 416 g/mol. The van der Waals surface area contributed by atoms with Crippen LogP contribution in [0.1, 0.15) is 10.8 Å². The van der Waals surface area contributed by atoms with Crippen LogP contribution in [0.25, 0.3) is 0 Å². The molecule has 0 saturated carbocycles. The number of ether oxygens (including phenoxy) is 1. The van der Waals surface area contributed by atoms with Crippen molar-refractivity contribution in [2.45, 2.75) is 10.1 Å². The van der Waals surface area contributed by atoms with Crippen molar-refractivity contribution in [2.75, 3.05) is 33.4 Å². The smallest absolute Gasteiger partial charge is 0.238 e. The molecule has 148 valence electrons. The normalized spacial score (nSPS) is 11.5. The number of halogens is 3. The molecule has 1 unspecified atom stereocenters. The van der Waals surface area contributed by atoms with Crippen LogP contribution in [-0.4, -0.2) is 39.3 Å². The van der Waals surface area contributed by atoms with Gasteiger partial charge in [-0.25, -0.2) is 8.78 Å². The summed E-state index contributed by atoms with van der Waals surface area (Å²) in [5.74, 6) is -1.34. The predicted molar refractivity (Wildman–Crippen MR) is 106 cm³/mol. The van der Waals surface area contributed by atoms with Crippen molar-refractivity contribution in [2.24, 2.45) is 0 Å². The molecule has 0 saturated heterocycles. The van der Waals surface area contributed by atoms with E-state index < -0.39 is 16.9 Å². The van der Waals surface area contributed by atoms with Gasteiger partial charge in [0.25, 0.3) is 0 Å². The largest absolute Gasteiger partial charge is 0.383 e. The van der Waals surface area contributed by atoms with Crippen LogP contribution in [0.3, 0.4) is 0 Å². The summed E-state index contributed by atoms with van der Waals surface area (Å²) in [6, 6.07) is 12.3. The first-order valence-electron chi connectivity index (χ1n) is 8.26. The van der Waals surface area contributed by atoms with E-state index >= 15 is 0 Å². The number of hydrogen-bond acceptors (Lipinski definition) is 4. The van der Waals surface area contributed by atoms with E-state index in [1.165, 1.54) is 0 Å². The molecule has 1 amide bonds. The molecule has 2 rings (SSSR count). The van der Waals surface area contributed by atoms with Gasteiger partial charge in [-0.1, -0.05) is 30.3 Å². The molecule has 0 spiro atoms. The number of carbonyl (C=O) groups excluding carboxylic acids is 1. The molecule has 0 heterocycles. The molecule has 2 aromatic rings. The van der Waals surface area contributed by atoms with E-state index in [2.05, 4.69) is 10.6 Å². The van der Waals surface area contributed by atoms with E-state index in [9.17, 15) is 13.6 Å². The van der Waals surface area contributed by atoms with Crippen LogP contribution in [-0.2, 0) is 9.53 Å². The Labute approximate surface area is 168 Å². The predicted octanol–water partition coefficient (Wildman–Crippen LogP) is 3.57. The molecule has 0 aliphatic carbocycles. The van der Waals surface area contributed by atoms with Crippen LogP contribution >= 0.6 is 24.2 Å². The second-order valence-electron chi connectivity index (χ2n) is 5.52. The third-order valence-corrected chi connectivity index (χ3v) is 4.85. The molecule has 0 bridgehead atoms. The maximum Gasteiger partial charge on any atom is 0.238 e. The minimum Gasteiger partial charge on any atom is -0.383 e. The quantitative estimate of drug-likeness (QED) is 0.459. The lowest BCUT2D eigenvalue weighted by Gasteiger charge is -2.17. The van der Waals surface area contributed by atoms with Crippen molar-refractivity contribution in [3.63, 3.8) is 0 Å². The van der Waals surface area contributed by atoms with Crippen LogP contribution in [0.2, 0.25) is 0 Å². The standard InChI is InChI=1S/C19H22F2N2O2S.ClH/c1-25-12-11-22-9-10-23-19(24)18(14-5-3-2-4-6-14)26-17-13-15(20)7-8-16(17)21;/h2-8,13,18,22H,9-12H2,1H3,(H,23,24);1H. The highest BCUT2D eigenvalue weighted by Crippen LogP contribution is 2.37. The van der Waals surface area contributed by atoms with Crippen LogP contribution in [0.5, 0.6) is 0 Å². The lowest BCUT2D eigenvalue weighted by Crippen LogP contribution is -2.35. The van der Waals surface area contributed by atoms with Crippen molar-refractivity contribution in [3.8, 4) is 0 Å². The molecule has 0 aliphatic heterocycles. The number of benzene rings is 2. The minimum atomic E-state index is -0.675. The van der Waals surface area contributed by atoms with Gasteiger partial charge in [0.15, 0.2) is 0 Å². The second kappa shape index (κ2) is 12.7. The molecule has 0 aromatic heterocycles. The number of rotatable bonds is 10. The molecule has 4 nitrogen and oxygen atoms in total. The van der Waals surface area contributed by atoms with Crippen LogP contribution in [0.15, 0.2) is 53.4 Å². The van der Waals surface area contributed by atoms with Crippen molar-refractivity contribution in [1.29, 1.82) is 0 Å².